The van der Waals surface area contributed by atoms with E-state index >= 15 is 0 Å². The van der Waals surface area contributed by atoms with Crippen molar-refractivity contribution in [2.45, 2.75) is 0 Å². The Hall–Kier alpha value is -2.93. The van der Waals surface area contributed by atoms with Crippen LogP contribution in [0.3, 0.4) is 0 Å². The summed E-state index contributed by atoms with van der Waals surface area (Å²) in [5.74, 6) is -0.541. The molecule has 25 heavy (non-hydrogen) atoms. The number of likely N-dealkylation sites (N-methyl/N-ethyl adjacent to an activating group) is 1. The van der Waals surface area contributed by atoms with Gasteiger partial charge in [0.1, 0.15) is 11.6 Å². The minimum atomic E-state index is -0.505. The Morgan fingerprint density at radius 2 is 1.72 bits per heavy atom. The van der Waals surface area contributed by atoms with Crippen LogP contribution < -0.4 is 15.4 Å². The summed E-state index contributed by atoms with van der Waals surface area (Å²) < 4.78 is 18.6. The molecule has 0 saturated carbocycles. The van der Waals surface area contributed by atoms with E-state index in [0.717, 1.165) is 0 Å². The van der Waals surface area contributed by atoms with Gasteiger partial charge in [-0.25, -0.2) is 4.39 Å². The summed E-state index contributed by atoms with van der Waals surface area (Å²) in [6.45, 7) is -0.0260. The fourth-order valence-corrected chi connectivity index (χ4v) is 2.20. The van der Waals surface area contributed by atoms with Gasteiger partial charge < -0.3 is 15.4 Å². The van der Waals surface area contributed by atoms with E-state index in [4.69, 9.17) is 4.74 Å². The predicted octanol–water partition coefficient (Wildman–Crippen LogP) is 2.34. The number of rotatable bonds is 7. The molecule has 2 N–H and O–H groups in total. The molecule has 132 valence electrons. The number of carbonyl (C=O) groups excluding carboxylic acids is 2. The molecule has 2 aromatic rings. The summed E-state index contributed by atoms with van der Waals surface area (Å²) in [4.78, 5) is 25.5. The molecule has 0 aliphatic rings. The Morgan fingerprint density at radius 3 is 2.40 bits per heavy atom. The molecule has 0 aliphatic carbocycles. The lowest BCUT2D eigenvalue weighted by Crippen LogP contribution is -2.36. The maximum Gasteiger partial charge on any atom is 0.238 e. The van der Waals surface area contributed by atoms with Crippen LogP contribution >= 0.6 is 0 Å². The molecule has 6 nitrogen and oxygen atoms in total. The number of halogens is 1. The van der Waals surface area contributed by atoms with E-state index < -0.39 is 11.7 Å². The zero-order valence-electron chi connectivity index (χ0n) is 14.1. The van der Waals surface area contributed by atoms with Gasteiger partial charge in [0.05, 0.1) is 25.9 Å². The van der Waals surface area contributed by atoms with E-state index in [1.807, 2.05) is 0 Å². The van der Waals surface area contributed by atoms with E-state index in [1.54, 1.807) is 50.6 Å². The van der Waals surface area contributed by atoms with Crippen LogP contribution in [0.25, 0.3) is 0 Å². The Morgan fingerprint density at radius 1 is 1.04 bits per heavy atom. The largest absolute Gasteiger partial charge is 0.497 e. The van der Waals surface area contributed by atoms with Gasteiger partial charge in [-0.1, -0.05) is 18.2 Å². The van der Waals surface area contributed by atoms with Crippen molar-refractivity contribution in [3.05, 3.63) is 54.3 Å². The number of anilines is 2. The number of amides is 2. The van der Waals surface area contributed by atoms with Crippen molar-refractivity contribution in [2.24, 2.45) is 0 Å². The number of hydrogen-bond acceptors (Lipinski definition) is 4. The van der Waals surface area contributed by atoms with E-state index in [0.29, 0.717) is 11.4 Å². The van der Waals surface area contributed by atoms with E-state index in [-0.39, 0.29) is 24.7 Å². The zero-order valence-corrected chi connectivity index (χ0v) is 14.1. The van der Waals surface area contributed by atoms with Gasteiger partial charge in [-0.05, 0) is 31.3 Å². The molecule has 0 saturated heterocycles. The summed E-state index contributed by atoms with van der Waals surface area (Å²) in [6, 6.07) is 12.9. The zero-order chi connectivity index (χ0) is 18.2. The van der Waals surface area contributed by atoms with Crippen LogP contribution in [0.2, 0.25) is 0 Å². The highest BCUT2D eigenvalue weighted by molar-refractivity contribution is 5.94. The van der Waals surface area contributed by atoms with Gasteiger partial charge in [0.15, 0.2) is 0 Å². The Balaban J connectivity index is 1.82. The maximum absolute atomic E-state index is 13.5. The molecule has 0 fully saturated rings. The molecule has 2 rings (SSSR count). The number of nitrogens with zero attached hydrogens (tertiary/aromatic N) is 1. The second kappa shape index (κ2) is 8.79. The average molecular weight is 345 g/mol. The average Bonchev–Trinajstić information content (AvgIpc) is 2.56. The lowest BCUT2D eigenvalue weighted by Gasteiger charge is -2.16. The molecular formula is C18H20FN3O3. The van der Waals surface area contributed by atoms with E-state index in [1.165, 1.54) is 17.0 Å². The molecule has 0 radical (unpaired) electrons. The molecule has 2 aromatic carbocycles. The molecule has 7 heteroatoms. The van der Waals surface area contributed by atoms with Crippen LogP contribution in [0.1, 0.15) is 0 Å². The first-order chi connectivity index (χ1) is 12.0. The smallest absolute Gasteiger partial charge is 0.238 e. The van der Waals surface area contributed by atoms with Crippen LogP contribution in [0.15, 0.2) is 48.5 Å². The van der Waals surface area contributed by atoms with Crippen molar-refractivity contribution in [3.8, 4) is 5.75 Å². The quantitative estimate of drug-likeness (QED) is 0.808. The highest BCUT2D eigenvalue weighted by Gasteiger charge is 2.12. The summed E-state index contributed by atoms with van der Waals surface area (Å²) in [5.41, 5.74) is 0.718. The highest BCUT2D eigenvalue weighted by Crippen LogP contribution is 2.16. The van der Waals surface area contributed by atoms with Gasteiger partial charge in [-0.2, -0.15) is 0 Å². The molecule has 0 heterocycles. The fourth-order valence-electron chi connectivity index (χ4n) is 2.20. The first kappa shape index (κ1) is 18.4. The Labute approximate surface area is 145 Å². The van der Waals surface area contributed by atoms with Gasteiger partial charge in [0, 0.05) is 11.8 Å². The third kappa shape index (κ3) is 5.89. The number of para-hydroxylation sites is 1. The highest BCUT2D eigenvalue weighted by atomic mass is 19.1. The standard InChI is InChI=1S/C18H20FN3O3/c1-22(12-18(24)21-16-9-4-3-8-15(16)19)11-17(23)20-13-6-5-7-14(10-13)25-2/h3-10H,11-12H2,1-2H3,(H,20,23)(H,21,24). The van der Waals surface area contributed by atoms with Crippen molar-refractivity contribution in [1.29, 1.82) is 0 Å². The third-order valence-electron chi connectivity index (χ3n) is 3.33. The fraction of sp³-hybridized carbons (Fsp3) is 0.222. The Bertz CT molecular complexity index is 752. The van der Waals surface area contributed by atoms with Crippen molar-refractivity contribution < 1.29 is 18.7 Å². The monoisotopic (exact) mass is 345 g/mol. The van der Waals surface area contributed by atoms with Gasteiger partial charge >= 0.3 is 0 Å². The third-order valence-corrected chi connectivity index (χ3v) is 3.33. The molecule has 0 bridgehead atoms. The van der Waals surface area contributed by atoms with Gasteiger partial charge in [-0.15, -0.1) is 0 Å². The van der Waals surface area contributed by atoms with Gasteiger partial charge in [-0.3, -0.25) is 14.5 Å². The van der Waals surface area contributed by atoms with E-state index in [9.17, 15) is 14.0 Å². The summed E-state index contributed by atoms with van der Waals surface area (Å²) in [5, 5.41) is 5.20. The van der Waals surface area contributed by atoms with E-state index in [2.05, 4.69) is 10.6 Å². The Kier molecular flexibility index (Phi) is 6.47. The van der Waals surface area contributed by atoms with Crippen molar-refractivity contribution in [3.63, 3.8) is 0 Å². The maximum atomic E-state index is 13.5. The number of nitrogens with one attached hydrogen (secondary N) is 2. The van der Waals surface area contributed by atoms with Crippen molar-refractivity contribution in [2.75, 3.05) is 37.9 Å². The number of methoxy groups -OCH3 is 1. The topological polar surface area (TPSA) is 70.7 Å². The van der Waals surface area contributed by atoms with Gasteiger partial charge in [0.25, 0.3) is 0 Å². The number of benzene rings is 2. The molecule has 0 aliphatic heterocycles. The van der Waals surface area contributed by atoms with Crippen LogP contribution in [0, 0.1) is 5.82 Å². The van der Waals surface area contributed by atoms with Crippen molar-refractivity contribution >= 4 is 23.2 Å². The molecule has 0 unspecified atom stereocenters. The first-order valence-corrected chi connectivity index (χ1v) is 7.65. The SMILES string of the molecule is COc1cccc(NC(=O)CN(C)CC(=O)Nc2ccccc2F)c1. The normalized spacial score (nSPS) is 10.4. The number of ether oxygens (including phenoxy) is 1. The second-order valence-corrected chi connectivity index (χ2v) is 5.48. The van der Waals surface area contributed by atoms with Crippen LogP contribution in [0.5, 0.6) is 5.75 Å². The first-order valence-electron chi connectivity index (χ1n) is 7.65. The number of carbonyl (C=O) groups is 2. The summed E-state index contributed by atoms with van der Waals surface area (Å²) >= 11 is 0. The number of hydrogen-bond donors (Lipinski definition) is 2. The lowest BCUT2D eigenvalue weighted by molar-refractivity contribution is -0.119. The molecule has 0 aromatic heterocycles. The minimum Gasteiger partial charge on any atom is -0.497 e. The molecular weight excluding hydrogens is 325 g/mol. The minimum absolute atomic E-state index is 0.0158. The molecule has 0 spiro atoms. The lowest BCUT2D eigenvalue weighted by atomic mass is 10.3. The van der Waals surface area contributed by atoms with Crippen molar-refractivity contribution in [1.82, 2.24) is 4.90 Å². The molecule has 2 amide bonds. The molecule has 0 atom stereocenters. The predicted molar refractivity (Wildman–Crippen MR) is 94.2 cm³/mol. The van der Waals surface area contributed by atoms with Crippen LogP contribution in [0.4, 0.5) is 15.8 Å². The van der Waals surface area contributed by atoms with Crippen LogP contribution in [-0.4, -0.2) is 44.0 Å². The second-order valence-electron chi connectivity index (χ2n) is 5.48. The summed E-state index contributed by atoms with van der Waals surface area (Å²) in [7, 11) is 3.18. The van der Waals surface area contributed by atoms with Gasteiger partial charge in [0.2, 0.25) is 11.8 Å². The van der Waals surface area contributed by atoms with Crippen LogP contribution in [-0.2, 0) is 9.59 Å². The summed E-state index contributed by atoms with van der Waals surface area (Å²) in [6.07, 6.45) is 0.